The number of nitrogens with two attached hydrogens (primary N) is 1. The lowest BCUT2D eigenvalue weighted by Crippen LogP contribution is -2.44. The number of carboxylic acids is 2. The number of aliphatic hydroxyl groups excluding tert-OH is 1. The summed E-state index contributed by atoms with van der Waals surface area (Å²) in [5.74, 6) is -22.8. The number of hydrogen-bond acceptors (Lipinski definition) is 19. The van der Waals surface area contributed by atoms with Gasteiger partial charge in [-0.2, -0.15) is 0 Å². The van der Waals surface area contributed by atoms with E-state index in [2.05, 4.69) is 24.5 Å². The number of carbonyl (C=O) groups is 12. The number of ketones is 1. The van der Waals surface area contributed by atoms with E-state index in [1.165, 1.54) is 4.90 Å². The highest BCUT2D eigenvalue weighted by Crippen LogP contribution is 2.52. The SMILES string of the molecule is CC(C)CN.CCC(c1ccccc1)C(C(=O)OCCNC(=O)c1ccc(N(C)C)cc1)C(CC(c1ccccc1)C1C(=O)N(CC(C)C)C(=O)C1CC(c1ccccc1)C(C(=O)NCC(C)C)C(CC(c1ccccc1)C1C(=O)OC(=O)C1C)C(=O)O)C(=O)O.CCC(c1ccccc1)C1C(=O)OC(=O)C1C.CN(C)c1ccc(C(=O)CCCO)cc1. The molecule has 3 heterocycles. The number of anilines is 2. The molecule has 660 valence electrons. The average molecular weight is 1690 g/mol. The Morgan fingerprint density at radius 1 is 0.488 bits per heavy atom. The predicted molar refractivity (Wildman–Crippen MR) is 473 cm³/mol. The quantitative estimate of drug-likeness (QED) is 0.00520. The van der Waals surface area contributed by atoms with Crippen molar-refractivity contribution in [3.63, 3.8) is 0 Å². The summed E-state index contributed by atoms with van der Waals surface area (Å²) in [6.45, 7) is 19.5. The molecule has 0 spiro atoms. The van der Waals surface area contributed by atoms with Crippen molar-refractivity contribution in [2.24, 2.45) is 82.7 Å². The number of nitrogens with zero attached hydrogens (tertiary/aromatic N) is 3. The number of Topliss-reactive ketones (excluding diaryl/α,β-unsaturated/α-hetero) is 1. The van der Waals surface area contributed by atoms with Crippen LogP contribution >= 0.6 is 0 Å². The van der Waals surface area contributed by atoms with E-state index < -0.39 is 130 Å². The van der Waals surface area contributed by atoms with Crippen molar-refractivity contribution in [3.05, 3.63) is 239 Å². The van der Waals surface area contributed by atoms with Gasteiger partial charge in [-0.1, -0.05) is 221 Å². The number of imide groups is 1. The van der Waals surface area contributed by atoms with Crippen LogP contribution in [0.15, 0.2) is 200 Å². The van der Waals surface area contributed by atoms with Gasteiger partial charge in [-0.25, -0.2) is 0 Å². The second kappa shape index (κ2) is 48.4. The molecule has 0 radical (unpaired) electrons. The third-order valence-electron chi connectivity index (χ3n) is 23.4. The minimum Gasteiger partial charge on any atom is -0.481 e. The van der Waals surface area contributed by atoms with Crippen molar-refractivity contribution in [2.45, 2.75) is 144 Å². The molecule has 7 aromatic carbocycles. The van der Waals surface area contributed by atoms with E-state index in [-0.39, 0.29) is 93.5 Å². The summed E-state index contributed by atoms with van der Waals surface area (Å²) in [5, 5.41) is 37.7. The van der Waals surface area contributed by atoms with Crippen molar-refractivity contribution < 1.29 is 87.1 Å². The summed E-state index contributed by atoms with van der Waals surface area (Å²) in [7, 11) is 7.69. The molecule has 3 saturated heterocycles. The fourth-order valence-corrected chi connectivity index (χ4v) is 16.7. The molecule has 0 aromatic heterocycles. The molecule has 15 unspecified atom stereocenters. The predicted octanol–water partition coefficient (Wildman–Crippen LogP) is 14.6. The summed E-state index contributed by atoms with van der Waals surface area (Å²) in [6, 6.07) is 59.5. The smallest absolute Gasteiger partial charge is 0.318 e. The van der Waals surface area contributed by atoms with Crippen molar-refractivity contribution in [1.29, 1.82) is 0 Å². The van der Waals surface area contributed by atoms with Gasteiger partial charge in [0, 0.05) is 76.8 Å². The van der Waals surface area contributed by atoms with Gasteiger partial charge in [-0.15, -0.1) is 0 Å². The van der Waals surface area contributed by atoms with Gasteiger partial charge in [0.1, 0.15) is 6.61 Å². The zero-order valence-electron chi connectivity index (χ0n) is 73.5. The Hall–Kier alpha value is -11.5. The molecule has 24 nitrogen and oxygen atoms in total. The van der Waals surface area contributed by atoms with Crippen LogP contribution in [0, 0.1) is 76.9 Å². The molecule has 0 saturated carbocycles. The molecule has 7 aromatic rings. The Bertz CT molecular complexity index is 4590. The maximum atomic E-state index is 15.7. The highest BCUT2D eigenvalue weighted by molar-refractivity contribution is 6.06. The van der Waals surface area contributed by atoms with Crippen molar-refractivity contribution in [1.82, 2.24) is 15.5 Å². The lowest BCUT2D eigenvalue weighted by molar-refractivity contribution is -0.159. The first-order chi connectivity index (χ1) is 58.7. The maximum Gasteiger partial charge on any atom is 0.318 e. The molecule has 4 amide bonds. The molecule has 24 heteroatoms. The average Bonchev–Trinajstić information content (AvgIpc) is 1.57. The molecule has 10 rings (SSSR count). The van der Waals surface area contributed by atoms with E-state index in [0.717, 1.165) is 29.9 Å². The van der Waals surface area contributed by atoms with Crippen LogP contribution in [0.25, 0.3) is 0 Å². The number of amides is 4. The number of nitrogens with one attached hydrogen (secondary N) is 2. The third kappa shape index (κ3) is 27.2. The van der Waals surface area contributed by atoms with Crippen molar-refractivity contribution in [3.8, 4) is 0 Å². The van der Waals surface area contributed by atoms with Crippen LogP contribution in [0.4, 0.5) is 11.4 Å². The summed E-state index contributed by atoms with van der Waals surface area (Å²) in [6.07, 6.45) is 1.13. The highest BCUT2D eigenvalue weighted by atomic mass is 16.6. The summed E-state index contributed by atoms with van der Waals surface area (Å²) in [4.78, 5) is 170. The Morgan fingerprint density at radius 2 is 0.894 bits per heavy atom. The van der Waals surface area contributed by atoms with Crippen LogP contribution in [0.1, 0.15) is 192 Å². The standard InChI is InChI=1S/C69H82N4O13.C14H16O3.C12H17NO2.C4H11N/c1-9-50(44-22-14-10-15-23-44)60(68(83)85-35-34-70-61(74)48-30-32-49(33-31-48)72(7)8)56(66(80)81)38-53(47-28-20-13-21-29-47)59-54(63(76)73(64(59)77)40-42(4)5)36-52(46-26-18-12-19-27-46)58(62(75)71-39-41(2)3)55(65(78)79)37-51(45-24-16-11-17-25-45)57-43(6)67(82)86-69(57)84;1-3-11(10-7-5-4-6-8-10)12-9(2)13(15)17-14(12)16;1-13(2)11-7-5-10(6-8-11)12(15)4-3-9-14;1-4(2)3-5/h10-33,41-43,50-60H,9,34-40H2,1-8H3,(H,70,74)(H,71,75)(H,78,79)(H,80,81);4-9,11-12H,3H2,1-2H3;5-8,14H,3-4,9H2,1-2H3;4H,3,5H2,1-2H3. The van der Waals surface area contributed by atoms with Crippen LogP contribution in [-0.2, 0) is 62.2 Å². The van der Waals surface area contributed by atoms with Gasteiger partial charge >= 0.3 is 41.8 Å². The van der Waals surface area contributed by atoms with Gasteiger partial charge in [0.15, 0.2) is 5.78 Å². The number of carbonyl (C=O) groups excluding carboxylic acids is 10. The lowest BCUT2D eigenvalue weighted by Gasteiger charge is -2.37. The summed E-state index contributed by atoms with van der Waals surface area (Å²) >= 11 is 0. The van der Waals surface area contributed by atoms with E-state index in [0.29, 0.717) is 58.6 Å². The Kier molecular flexibility index (Phi) is 38.8. The number of esters is 5. The fourth-order valence-electron chi connectivity index (χ4n) is 16.7. The summed E-state index contributed by atoms with van der Waals surface area (Å²) < 4.78 is 15.8. The normalized spacial score (nSPS) is 18.9. The van der Waals surface area contributed by atoms with Crippen molar-refractivity contribution >= 4 is 82.6 Å². The Morgan fingerprint density at radius 3 is 1.28 bits per heavy atom. The van der Waals surface area contributed by atoms with E-state index >= 15 is 14.4 Å². The molecule has 0 bridgehead atoms. The van der Waals surface area contributed by atoms with Crippen molar-refractivity contribution in [2.75, 3.05) is 77.4 Å². The first-order valence-corrected chi connectivity index (χ1v) is 42.9. The zero-order valence-corrected chi connectivity index (χ0v) is 73.5. The Labute approximate surface area is 724 Å². The van der Waals surface area contributed by atoms with E-state index in [1.807, 2.05) is 152 Å². The van der Waals surface area contributed by atoms with Gasteiger partial charge in [-0.05, 0) is 169 Å². The van der Waals surface area contributed by atoms with E-state index in [4.69, 9.17) is 25.1 Å². The lowest BCUT2D eigenvalue weighted by atomic mass is 9.64. The second-order valence-corrected chi connectivity index (χ2v) is 33.8. The minimum atomic E-state index is -1.58. The summed E-state index contributed by atoms with van der Waals surface area (Å²) in [5.41, 5.74) is 11.6. The number of hydrogen-bond donors (Lipinski definition) is 6. The number of aliphatic hydroxyl groups is 1. The number of benzene rings is 7. The molecule has 3 aliphatic rings. The molecular formula is C99H126N6O18. The second-order valence-electron chi connectivity index (χ2n) is 33.8. The topological polar surface area (TPSA) is 353 Å². The van der Waals surface area contributed by atoms with Gasteiger partial charge in [-0.3, -0.25) is 62.4 Å². The zero-order chi connectivity index (χ0) is 90.3. The number of carboxylic acid groups (broad SMARTS) is 2. The van der Waals surface area contributed by atoms with Gasteiger partial charge in [0.05, 0.1) is 65.7 Å². The van der Waals surface area contributed by atoms with E-state index in [1.54, 1.807) is 141 Å². The fraction of sp³-hybridized carbons (Fsp3) is 0.455. The van der Waals surface area contributed by atoms with Gasteiger partial charge in [0.25, 0.3) is 5.91 Å². The number of aliphatic carboxylic acids is 2. The van der Waals surface area contributed by atoms with Crippen LogP contribution in [-0.4, -0.2) is 159 Å². The molecular weight excluding hydrogens is 1560 g/mol. The number of rotatable bonds is 39. The first kappa shape index (κ1) is 98.6. The van der Waals surface area contributed by atoms with Crippen LogP contribution in [0.2, 0.25) is 0 Å². The number of ether oxygens (including phenoxy) is 3. The van der Waals surface area contributed by atoms with Crippen LogP contribution in [0.3, 0.4) is 0 Å². The maximum absolute atomic E-state index is 15.7. The largest absolute Gasteiger partial charge is 0.481 e. The van der Waals surface area contributed by atoms with Crippen LogP contribution in [0.5, 0.6) is 0 Å². The molecule has 3 fully saturated rings. The molecule has 3 aliphatic heterocycles. The number of likely N-dealkylation sites (tertiary alicyclic amines) is 1. The molecule has 7 N–H and O–H groups in total. The molecule has 0 aliphatic carbocycles. The number of cyclic esters (lactones) is 4. The first-order valence-electron chi connectivity index (χ1n) is 42.9. The minimum absolute atomic E-state index is 0.00740. The monoisotopic (exact) mass is 1690 g/mol. The van der Waals surface area contributed by atoms with Gasteiger partial charge in [0.2, 0.25) is 17.7 Å². The van der Waals surface area contributed by atoms with Crippen LogP contribution < -0.4 is 26.2 Å². The highest BCUT2D eigenvalue weighted by Gasteiger charge is 2.57. The molecule has 15 atom stereocenters. The molecule has 123 heavy (non-hydrogen) atoms. The third-order valence-corrected chi connectivity index (χ3v) is 23.4. The van der Waals surface area contributed by atoms with E-state index in [9.17, 15) is 53.4 Å². The Balaban J connectivity index is 0.000000456. The van der Waals surface area contributed by atoms with Gasteiger partial charge < -0.3 is 55.7 Å².